The molecule has 0 saturated carbocycles. The molecule has 3 amide bonds. The molecule has 2 aromatic rings. The summed E-state index contributed by atoms with van der Waals surface area (Å²) in [5.41, 5.74) is 2.56. The first-order valence-electron chi connectivity index (χ1n) is 9.04. The molecule has 3 rings (SSSR count). The predicted molar refractivity (Wildman–Crippen MR) is 110 cm³/mol. The number of pyridine rings is 1. The smallest absolute Gasteiger partial charge is 0.322 e. The van der Waals surface area contributed by atoms with Crippen LogP contribution in [0.4, 0.5) is 16.2 Å². The maximum atomic E-state index is 12.7. The number of halogens is 1. The van der Waals surface area contributed by atoms with E-state index in [-0.39, 0.29) is 11.9 Å². The van der Waals surface area contributed by atoms with Gasteiger partial charge in [-0.15, -0.1) is 0 Å². The Labute approximate surface area is 167 Å². The summed E-state index contributed by atoms with van der Waals surface area (Å²) in [4.78, 5) is 31.0. The Morgan fingerprint density at radius 2 is 1.81 bits per heavy atom. The zero-order valence-electron chi connectivity index (χ0n) is 15.4. The van der Waals surface area contributed by atoms with Gasteiger partial charge in [-0.05, 0) is 64.5 Å². The monoisotopic (exact) mass is 430 g/mol. The van der Waals surface area contributed by atoms with Gasteiger partial charge in [-0.25, -0.2) is 9.78 Å². The number of hydrogen-bond acceptors (Lipinski definition) is 3. The molecule has 2 heterocycles. The number of aromatic nitrogens is 1. The molecule has 1 aromatic carbocycles. The van der Waals surface area contributed by atoms with Crippen LogP contribution in [0, 0.1) is 0 Å². The third-order valence-electron chi connectivity index (χ3n) is 4.64. The van der Waals surface area contributed by atoms with Crippen molar-refractivity contribution in [2.75, 3.05) is 17.2 Å². The summed E-state index contributed by atoms with van der Waals surface area (Å²) in [6, 6.07) is 10.6. The molecule has 1 aromatic heterocycles. The van der Waals surface area contributed by atoms with Crippen molar-refractivity contribution in [3.05, 3.63) is 52.8 Å². The summed E-state index contributed by atoms with van der Waals surface area (Å²) in [5.74, 6) is 0.247. The first-order chi connectivity index (χ1) is 12.9. The van der Waals surface area contributed by atoms with Crippen LogP contribution in [0.5, 0.6) is 0 Å². The number of nitrogens with zero attached hydrogens (tertiary/aromatic N) is 2. The molecule has 1 saturated heterocycles. The average Bonchev–Trinajstić information content (AvgIpc) is 3.14. The van der Waals surface area contributed by atoms with Gasteiger partial charge in [-0.3, -0.25) is 4.79 Å². The minimum atomic E-state index is -0.483. The fourth-order valence-electron chi connectivity index (χ4n) is 3.10. The highest BCUT2D eigenvalue weighted by molar-refractivity contribution is 9.10. The number of carbonyl (C=O) groups excluding carboxylic acids is 2. The maximum absolute atomic E-state index is 12.7. The first-order valence-corrected chi connectivity index (χ1v) is 9.83. The molecule has 1 fully saturated rings. The van der Waals surface area contributed by atoms with Gasteiger partial charge in [0, 0.05) is 12.2 Å². The second-order valence-electron chi connectivity index (χ2n) is 6.92. The molecule has 0 spiro atoms. The number of rotatable bonds is 4. The van der Waals surface area contributed by atoms with Gasteiger partial charge in [0.15, 0.2) is 0 Å². The maximum Gasteiger partial charge on any atom is 0.322 e. The van der Waals surface area contributed by atoms with Crippen LogP contribution in [0.15, 0.2) is 47.2 Å². The lowest BCUT2D eigenvalue weighted by atomic mass is 10.0. The molecule has 1 unspecified atom stereocenters. The van der Waals surface area contributed by atoms with Crippen molar-refractivity contribution in [1.82, 2.24) is 9.88 Å². The van der Waals surface area contributed by atoms with E-state index in [4.69, 9.17) is 0 Å². The third-order valence-corrected chi connectivity index (χ3v) is 5.11. The van der Waals surface area contributed by atoms with Gasteiger partial charge in [0.2, 0.25) is 5.91 Å². The lowest BCUT2D eigenvalue weighted by Gasteiger charge is -2.24. The van der Waals surface area contributed by atoms with E-state index in [0.717, 1.165) is 12.1 Å². The van der Waals surface area contributed by atoms with Gasteiger partial charge in [0.25, 0.3) is 0 Å². The van der Waals surface area contributed by atoms with E-state index in [9.17, 15) is 9.59 Å². The predicted octanol–water partition coefficient (Wildman–Crippen LogP) is 4.60. The van der Waals surface area contributed by atoms with Crippen LogP contribution in [0.1, 0.15) is 38.2 Å². The van der Waals surface area contributed by atoms with Gasteiger partial charge >= 0.3 is 6.03 Å². The summed E-state index contributed by atoms with van der Waals surface area (Å²) in [5, 5.41) is 5.73. The molecule has 0 aliphatic carbocycles. The van der Waals surface area contributed by atoms with Crippen molar-refractivity contribution in [3.63, 3.8) is 0 Å². The molecule has 142 valence electrons. The van der Waals surface area contributed by atoms with Crippen LogP contribution < -0.4 is 10.6 Å². The summed E-state index contributed by atoms with van der Waals surface area (Å²) in [6.45, 7) is 4.82. The molecule has 7 heteroatoms. The molecule has 27 heavy (non-hydrogen) atoms. The Morgan fingerprint density at radius 1 is 1.11 bits per heavy atom. The second-order valence-corrected chi connectivity index (χ2v) is 7.73. The Kier molecular flexibility index (Phi) is 6.11. The highest BCUT2D eigenvalue weighted by atomic mass is 79.9. The van der Waals surface area contributed by atoms with Crippen LogP contribution >= 0.6 is 15.9 Å². The summed E-state index contributed by atoms with van der Waals surface area (Å²) < 4.78 is 0.700. The van der Waals surface area contributed by atoms with E-state index in [1.165, 1.54) is 5.56 Å². The molecule has 6 nitrogen and oxygen atoms in total. The molecular weight excluding hydrogens is 408 g/mol. The Morgan fingerprint density at radius 3 is 2.44 bits per heavy atom. The number of amides is 3. The van der Waals surface area contributed by atoms with Gasteiger partial charge in [-0.2, -0.15) is 0 Å². The summed E-state index contributed by atoms with van der Waals surface area (Å²) >= 11 is 3.27. The van der Waals surface area contributed by atoms with Crippen LogP contribution in [0.3, 0.4) is 0 Å². The lowest BCUT2D eigenvalue weighted by Crippen LogP contribution is -2.45. The summed E-state index contributed by atoms with van der Waals surface area (Å²) in [7, 11) is 0. The molecule has 1 aliphatic heterocycles. The van der Waals surface area contributed by atoms with Crippen LogP contribution in [-0.2, 0) is 4.79 Å². The first kappa shape index (κ1) is 19.4. The largest absolute Gasteiger partial charge is 0.323 e. The standard InChI is InChI=1S/C20H23BrN4O2/c1-13(2)14-5-7-15(8-6-14)24-20(27)25-11-3-4-17(25)19(26)23-16-9-10-18(21)22-12-16/h5-10,12-13,17H,3-4,11H2,1-2H3,(H,23,26)(H,24,27). The number of urea groups is 1. The SMILES string of the molecule is CC(C)c1ccc(NC(=O)N2CCCC2C(=O)Nc2ccc(Br)nc2)cc1. The number of nitrogens with one attached hydrogen (secondary N) is 2. The van der Waals surface area contributed by atoms with Gasteiger partial charge in [0.05, 0.1) is 11.9 Å². The fraction of sp³-hybridized carbons (Fsp3) is 0.350. The highest BCUT2D eigenvalue weighted by Gasteiger charge is 2.34. The van der Waals surface area contributed by atoms with E-state index >= 15 is 0 Å². The topological polar surface area (TPSA) is 74.3 Å². The van der Waals surface area contributed by atoms with Crippen molar-refractivity contribution in [1.29, 1.82) is 0 Å². The van der Waals surface area contributed by atoms with E-state index < -0.39 is 6.04 Å². The van der Waals surface area contributed by atoms with E-state index in [0.29, 0.717) is 29.2 Å². The van der Waals surface area contributed by atoms with Crippen molar-refractivity contribution < 1.29 is 9.59 Å². The molecule has 1 atom stereocenters. The van der Waals surface area contributed by atoms with Crippen molar-refractivity contribution in [2.24, 2.45) is 0 Å². The fourth-order valence-corrected chi connectivity index (χ4v) is 3.34. The van der Waals surface area contributed by atoms with E-state index in [1.807, 2.05) is 24.3 Å². The second kappa shape index (κ2) is 8.52. The zero-order chi connectivity index (χ0) is 19.4. The van der Waals surface area contributed by atoms with Gasteiger partial charge in [0.1, 0.15) is 10.6 Å². The minimum absolute atomic E-state index is 0.193. The van der Waals surface area contributed by atoms with Crippen LogP contribution in [-0.4, -0.2) is 34.4 Å². The van der Waals surface area contributed by atoms with Crippen LogP contribution in [0.25, 0.3) is 0 Å². The zero-order valence-corrected chi connectivity index (χ0v) is 17.0. The lowest BCUT2D eigenvalue weighted by molar-refractivity contribution is -0.119. The quantitative estimate of drug-likeness (QED) is 0.695. The Balaban J connectivity index is 1.63. The number of hydrogen-bond donors (Lipinski definition) is 2. The highest BCUT2D eigenvalue weighted by Crippen LogP contribution is 2.22. The number of likely N-dealkylation sites (tertiary alicyclic amines) is 1. The molecular formula is C20H23BrN4O2. The number of anilines is 2. The molecule has 2 N–H and O–H groups in total. The third kappa shape index (κ3) is 4.86. The van der Waals surface area contributed by atoms with E-state index in [2.05, 4.69) is 45.4 Å². The van der Waals surface area contributed by atoms with Crippen LogP contribution in [0.2, 0.25) is 0 Å². The minimum Gasteiger partial charge on any atom is -0.323 e. The van der Waals surface area contributed by atoms with Crippen molar-refractivity contribution >= 4 is 39.2 Å². The molecule has 1 aliphatic rings. The van der Waals surface area contributed by atoms with Crippen molar-refractivity contribution in [3.8, 4) is 0 Å². The summed E-state index contributed by atoms with van der Waals surface area (Å²) in [6.07, 6.45) is 3.03. The average molecular weight is 431 g/mol. The Bertz CT molecular complexity index is 806. The molecule has 0 radical (unpaired) electrons. The Hall–Kier alpha value is -2.41. The van der Waals surface area contributed by atoms with Gasteiger partial charge < -0.3 is 15.5 Å². The van der Waals surface area contributed by atoms with Crippen molar-refractivity contribution in [2.45, 2.75) is 38.6 Å². The molecule has 0 bridgehead atoms. The normalized spacial score (nSPS) is 16.4. The van der Waals surface area contributed by atoms with Gasteiger partial charge in [-0.1, -0.05) is 26.0 Å². The number of carbonyl (C=O) groups is 2. The van der Waals surface area contributed by atoms with E-state index in [1.54, 1.807) is 23.2 Å². The number of benzene rings is 1.